The fourth-order valence-corrected chi connectivity index (χ4v) is 1.29. The van der Waals surface area contributed by atoms with Crippen LogP contribution in [-0.2, 0) is 0 Å². The number of hydrogen-bond acceptors (Lipinski definition) is 1. The van der Waals surface area contributed by atoms with Crippen molar-refractivity contribution in [2.45, 2.75) is 33.6 Å². The first kappa shape index (κ1) is 13.3. The minimum absolute atomic E-state index is 0. The van der Waals surface area contributed by atoms with Crippen molar-refractivity contribution in [2.75, 3.05) is 0 Å². The molecule has 0 unspecified atom stereocenters. The van der Waals surface area contributed by atoms with Crippen LogP contribution in [0.2, 0.25) is 0 Å². The van der Waals surface area contributed by atoms with Gasteiger partial charge in [0, 0.05) is 0 Å². The second-order valence-electron chi connectivity index (χ2n) is 3.60. The Bertz CT molecular complexity index is 292. The van der Waals surface area contributed by atoms with E-state index in [0.717, 1.165) is 16.7 Å². The van der Waals surface area contributed by atoms with Crippen LogP contribution < -0.4 is 0 Å². The van der Waals surface area contributed by atoms with Crippen LogP contribution in [0.1, 0.15) is 36.5 Å². The molecule has 1 rings (SSSR count). The Balaban J connectivity index is 0.00000144. The Kier molecular flexibility index (Phi) is 5.35. The molecule has 0 saturated heterocycles. The van der Waals surface area contributed by atoms with Crippen molar-refractivity contribution in [1.29, 1.82) is 0 Å². The summed E-state index contributed by atoms with van der Waals surface area (Å²) in [4.78, 5) is 0. The molecule has 0 bridgehead atoms. The molecule has 1 aromatic rings. The fourth-order valence-electron chi connectivity index (χ4n) is 1.29. The predicted octanol–water partition coefficient (Wildman–Crippen LogP) is 2.75. The molecular formula is C11H16CaO+2. The fraction of sp³-hybridized carbons (Fsp3) is 0.455. The van der Waals surface area contributed by atoms with Crippen LogP contribution in [0.5, 0.6) is 5.75 Å². The van der Waals surface area contributed by atoms with Gasteiger partial charge in [0.15, 0.2) is 0 Å². The first-order valence-electron chi connectivity index (χ1n) is 4.33. The van der Waals surface area contributed by atoms with Crippen LogP contribution >= 0.6 is 0 Å². The summed E-state index contributed by atoms with van der Waals surface area (Å²) >= 11 is 0. The first-order valence-corrected chi connectivity index (χ1v) is 4.33. The van der Waals surface area contributed by atoms with Crippen molar-refractivity contribution in [2.24, 2.45) is 0 Å². The molecule has 1 aromatic carbocycles. The van der Waals surface area contributed by atoms with Crippen LogP contribution in [0.15, 0.2) is 12.1 Å². The Hall–Kier alpha value is 0.280. The van der Waals surface area contributed by atoms with Gasteiger partial charge in [-0.05, 0) is 36.5 Å². The molecule has 0 amide bonds. The zero-order chi connectivity index (χ0) is 9.30. The molecule has 0 radical (unpaired) electrons. The summed E-state index contributed by atoms with van der Waals surface area (Å²) < 4.78 is 0. The van der Waals surface area contributed by atoms with Crippen molar-refractivity contribution >= 4 is 37.7 Å². The van der Waals surface area contributed by atoms with Gasteiger partial charge >= 0.3 is 37.7 Å². The Morgan fingerprint density at radius 2 is 1.69 bits per heavy atom. The van der Waals surface area contributed by atoms with Crippen LogP contribution in [0.4, 0.5) is 0 Å². The van der Waals surface area contributed by atoms with Gasteiger partial charge in [0.1, 0.15) is 5.75 Å². The first-order chi connectivity index (χ1) is 5.54. The normalized spacial score (nSPS) is 9.92. The largest absolute Gasteiger partial charge is 2.00 e. The van der Waals surface area contributed by atoms with Crippen molar-refractivity contribution in [3.05, 3.63) is 28.8 Å². The van der Waals surface area contributed by atoms with Crippen molar-refractivity contribution in [3.8, 4) is 5.75 Å². The third-order valence-corrected chi connectivity index (χ3v) is 2.36. The van der Waals surface area contributed by atoms with E-state index in [1.54, 1.807) is 0 Å². The minimum atomic E-state index is 0. The van der Waals surface area contributed by atoms with Gasteiger partial charge in [-0.25, -0.2) is 0 Å². The van der Waals surface area contributed by atoms with E-state index >= 15 is 0 Å². The van der Waals surface area contributed by atoms with Crippen molar-refractivity contribution < 1.29 is 5.11 Å². The number of rotatable bonds is 1. The zero-order valence-electron chi connectivity index (χ0n) is 8.89. The Morgan fingerprint density at radius 1 is 1.15 bits per heavy atom. The molecule has 66 valence electrons. The summed E-state index contributed by atoms with van der Waals surface area (Å²) in [7, 11) is 0. The molecule has 0 aliphatic rings. The number of phenols is 1. The molecular weight excluding hydrogens is 188 g/mol. The maximum atomic E-state index is 9.75. The van der Waals surface area contributed by atoms with E-state index < -0.39 is 0 Å². The molecule has 0 saturated carbocycles. The molecule has 1 nitrogen and oxygen atoms in total. The molecule has 0 heterocycles. The second kappa shape index (κ2) is 5.23. The number of benzene rings is 1. The number of phenolic OH excluding ortho intramolecular Hbond substituents is 1. The van der Waals surface area contributed by atoms with Gasteiger partial charge in [-0.3, -0.25) is 0 Å². The predicted molar refractivity (Wildman–Crippen MR) is 57.4 cm³/mol. The average molecular weight is 204 g/mol. The summed E-state index contributed by atoms with van der Waals surface area (Å²) in [5, 5.41) is 9.75. The van der Waals surface area contributed by atoms with E-state index in [-0.39, 0.29) is 37.7 Å². The summed E-state index contributed by atoms with van der Waals surface area (Å²) in [5.41, 5.74) is 3.19. The molecule has 13 heavy (non-hydrogen) atoms. The van der Waals surface area contributed by atoms with Crippen LogP contribution in [0.3, 0.4) is 0 Å². The quantitative estimate of drug-likeness (QED) is 0.697. The van der Waals surface area contributed by atoms with Crippen LogP contribution in [0.25, 0.3) is 0 Å². The molecule has 0 aliphatic carbocycles. The second-order valence-corrected chi connectivity index (χ2v) is 3.60. The van der Waals surface area contributed by atoms with Gasteiger partial charge < -0.3 is 5.11 Å². The van der Waals surface area contributed by atoms with E-state index in [1.165, 1.54) is 0 Å². The summed E-state index contributed by atoms with van der Waals surface area (Å²) in [6.45, 7) is 8.14. The molecule has 0 aliphatic heterocycles. The smallest absolute Gasteiger partial charge is 0.507 e. The molecule has 2 heteroatoms. The van der Waals surface area contributed by atoms with Gasteiger partial charge in [0.05, 0.1) is 0 Å². The summed E-state index contributed by atoms with van der Waals surface area (Å²) in [6.07, 6.45) is 0. The van der Waals surface area contributed by atoms with E-state index in [2.05, 4.69) is 19.9 Å². The van der Waals surface area contributed by atoms with E-state index in [9.17, 15) is 5.11 Å². The third-order valence-electron chi connectivity index (χ3n) is 2.36. The average Bonchev–Trinajstić information content (AvgIpc) is 2.00. The molecule has 1 N–H and O–H groups in total. The van der Waals surface area contributed by atoms with Gasteiger partial charge in [0.2, 0.25) is 0 Å². The molecule has 0 atom stereocenters. The molecule has 0 aromatic heterocycles. The number of aryl methyl sites for hydroxylation is 1. The van der Waals surface area contributed by atoms with Gasteiger partial charge in [0.25, 0.3) is 0 Å². The Labute approximate surface area is 110 Å². The van der Waals surface area contributed by atoms with Crippen molar-refractivity contribution in [1.82, 2.24) is 0 Å². The SMILES string of the molecule is Cc1ccc(C(C)C)c(O)c1C.[Ca+2]. The van der Waals surface area contributed by atoms with Gasteiger partial charge in [-0.15, -0.1) is 0 Å². The van der Waals surface area contributed by atoms with E-state index in [1.807, 2.05) is 19.9 Å². The molecule has 0 fully saturated rings. The zero-order valence-corrected chi connectivity index (χ0v) is 11.1. The minimum Gasteiger partial charge on any atom is -0.507 e. The topological polar surface area (TPSA) is 20.2 Å². The Morgan fingerprint density at radius 3 is 2.15 bits per heavy atom. The summed E-state index contributed by atoms with van der Waals surface area (Å²) in [5.74, 6) is 0.856. The van der Waals surface area contributed by atoms with Gasteiger partial charge in [-0.2, -0.15) is 0 Å². The van der Waals surface area contributed by atoms with E-state index in [0.29, 0.717) is 11.7 Å². The van der Waals surface area contributed by atoms with Gasteiger partial charge in [-0.1, -0.05) is 26.0 Å². The maximum Gasteiger partial charge on any atom is 2.00 e. The third kappa shape index (κ3) is 2.87. The van der Waals surface area contributed by atoms with Crippen LogP contribution in [0, 0.1) is 13.8 Å². The number of hydrogen-bond donors (Lipinski definition) is 1. The standard InChI is InChI=1S/C11H16O.Ca/c1-7(2)10-6-5-8(3)9(4)11(10)12;/h5-7,12H,1-4H3;/q;+2. The van der Waals surface area contributed by atoms with Crippen LogP contribution in [-0.4, -0.2) is 42.8 Å². The van der Waals surface area contributed by atoms with E-state index in [4.69, 9.17) is 0 Å². The summed E-state index contributed by atoms with van der Waals surface area (Å²) in [6, 6.07) is 4.06. The monoisotopic (exact) mass is 204 g/mol. The molecule has 0 spiro atoms. The number of aromatic hydroxyl groups is 1. The maximum absolute atomic E-state index is 9.75. The van der Waals surface area contributed by atoms with Crippen molar-refractivity contribution in [3.63, 3.8) is 0 Å².